The van der Waals surface area contributed by atoms with Crippen LogP contribution in [0.5, 0.6) is 0 Å². The van der Waals surface area contributed by atoms with Crippen LogP contribution in [-0.4, -0.2) is 29.8 Å². The first-order valence-corrected chi connectivity index (χ1v) is 8.18. The Kier molecular flexibility index (Phi) is 8.19. The van der Waals surface area contributed by atoms with Crippen LogP contribution >= 0.6 is 11.8 Å². The number of benzene rings is 1. The summed E-state index contributed by atoms with van der Waals surface area (Å²) >= 11 is 1.97. The van der Waals surface area contributed by atoms with E-state index in [9.17, 15) is 0 Å². The van der Waals surface area contributed by atoms with Gasteiger partial charge in [0.15, 0.2) is 0 Å². The van der Waals surface area contributed by atoms with E-state index in [0.717, 1.165) is 0 Å². The Hall–Kier alpha value is -0.470. The lowest BCUT2D eigenvalue weighted by Crippen LogP contribution is -2.35. The molecule has 0 amide bonds. The Labute approximate surface area is 117 Å². The zero-order valence-electron chi connectivity index (χ0n) is 12.1. The molecule has 0 aliphatic heterocycles. The zero-order chi connectivity index (χ0) is 13.2. The monoisotopic (exact) mass is 265 g/mol. The molecule has 1 nitrogen and oxygen atoms in total. The maximum absolute atomic E-state index is 2.64. The van der Waals surface area contributed by atoms with Crippen molar-refractivity contribution in [2.45, 2.75) is 51.0 Å². The Balaban J connectivity index is 2.32. The third kappa shape index (κ3) is 5.92. The lowest BCUT2D eigenvalue weighted by molar-refractivity contribution is 0.213. The fraction of sp³-hybridized carbons (Fsp3) is 0.625. The minimum atomic E-state index is 0.716. The predicted octanol–water partition coefficient (Wildman–Crippen LogP) is 4.68. The molecule has 0 aliphatic rings. The summed E-state index contributed by atoms with van der Waals surface area (Å²) in [7, 11) is 0. The average molecular weight is 265 g/mol. The molecule has 0 aromatic heterocycles. The molecule has 1 aromatic rings. The van der Waals surface area contributed by atoms with Crippen LogP contribution in [0, 0.1) is 0 Å². The average Bonchev–Trinajstić information content (AvgIpc) is 2.43. The van der Waals surface area contributed by atoms with Gasteiger partial charge in [-0.25, -0.2) is 0 Å². The Bertz CT molecular complexity index is 299. The maximum atomic E-state index is 2.64. The standard InChI is InChI=1S/C16H27NS/c1-4-6-12-17(15(3)5-2)13-14-18-16-10-8-7-9-11-16/h7-11,15H,4-6,12-14H2,1-3H3. The summed E-state index contributed by atoms with van der Waals surface area (Å²) in [5.74, 6) is 1.19. The molecule has 2 heteroatoms. The van der Waals surface area contributed by atoms with Crippen LogP contribution in [0.25, 0.3) is 0 Å². The van der Waals surface area contributed by atoms with Gasteiger partial charge in [0.25, 0.3) is 0 Å². The molecule has 0 saturated carbocycles. The zero-order valence-corrected chi connectivity index (χ0v) is 12.9. The van der Waals surface area contributed by atoms with Gasteiger partial charge in [-0.05, 0) is 38.4 Å². The first-order chi connectivity index (χ1) is 8.77. The summed E-state index contributed by atoms with van der Waals surface area (Å²) in [6.07, 6.45) is 3.86. The van der Waals surface area contributed by atoms with Crippen LogP contribution in [0.2, 0.25) is 0 Å². The second kappa shape index (κ2) is 9.46. The van der Waals surface area contributed by atoms with Crippen LogP contribution in [0.4, 0.5) is 0 Å². The number of thioether (sulfide) groups is 1. The van der Waals surface area contributed by atoms with E-state index in [1.807, 2.05) is 11.8 Å². The van der Waals surface area contributed by atoms with Gasteiger partial charge in [0.1, 0.15) is 0 Å². The smallest absolute Gasteiger partial charge is 0.0108 e. The van der Waals surface area contributed by atoms with Crippen molar-refractivity contribution in [3.63, 3.8) is 0 Å². The highest BCUT2D eigenvalue weighted by Gasteiger charge is 2.10. The molecule has 18 heavy (non-hydrogen) atoms. The fourth-order valence-corrected chi connectivity index (χ4v) is 2.88. The van der Waals surface area contributed by atoms with Gasteiger partial charge in [0, 0.05) is 23.2 Å². The van der Waals surface area contributed by atoms with Crippen molar-refractivity contribution in [1.82, 2.24) is 4.90 Å². The molecule has 0 spiro atoms. The first kappa shape index (κ1) is 15.6. The number of hydrogen-bond acceptors (Lipinski definition) is 2. The third-order valence-electron chi connectivity index (χ3n) is 3.40. The minimum absolute atomic E-state index is 0.716. The van der Waals surface area contributed by atoms with Crippen molar-refractivity contribution < 1.29 is 0 Å². The van der Waals surface area contributed by atoms with Crippen molar-refractivity contribution in [1.29, 1.82) is 0 Å². The normalized spacial score (nSPS) is 12.9. The molecule has 1 unspecified atom stereocenters. The second-order valence-electron chi connectivity index (χ2n) is 4.81. The predicted molar refractivity (Wildman–Crippen MR) is 83.4 cm³/mol. The molecule has 0 N–H and O–H groups in total. The third-order valence-corrected chi connectivity index (χ3v) is 4.40. The quantitative estimate of drug-likeness (QED) is 0.596. The van der Waals surface area contributed by atoms with Crippen molar-refractivity contribution in [3.8, 4) is 0 Å². The molecule has 1 rings (SSSR count). The van der Waals surface area contributed by atoms with Crippen LogP contribution in [0.15, 0.2) is 35.2 Å². The van der Waals surface area contributed by atoms with Crippen molar-refractivity contribution in [2.75, 3.05) is 18.8 Å². The topological polar surface area (TPSA) is 3.24 Å². The number of nitrogens with zero attached hydrogens (tertiary/aromatic N) is 1. The molecule has 1 atom stereocenters. The molecule has 0 radical (unpaired) electrons. The summed E-state index contributed by atoms with van der Waals surface area (Å²) in [4.78, 5) is 4.02. The number of unbranched alkanes of at least 4 members (excludes halogenated alkanes) is 1. The minimum Gasteiger partial charge on any atom is -0.300 e. The van der Waals surface area contributed by atoms with E-state index >= 15 is 0 Å². The van der Waals surface area contributed by atoms with Crippen LogP contribution in [-0.2, 0) is 0 Å². The Morgan fingerprint density at radius 3 is 2.44 bits per heavy atom. The molecular formula is C16H27NS. The van der Waals surface area contributed by atoms with E-state index in [-0.39, 0.29) is 0 Å². The Morgan fingerprint density at radius 2 is 1.83 bits per heavy atom. The molecule has 0 saturated heterocycles. The summed E-state index contributed by atoms with van der Waals surface area (Å²) in [6.45, 7) is 9.36. The summed E-state index contributed by atoms with van der Waals surface area (Å²) < 4.78 is 0. The molecule has 0 bridgehead atoms. The lowest BCUT2D eigenvalue weighted by Gasteiger charge is -2.28. The van der Waals surface area contributed by atoms with Crippen molar-refractivity contribution >= 4 is 11.8 Å². The number of rotatable bonds is 9. The van der Waals surface area contributed by atoms with Gasteiger partial charge in [-0.2, -0.15) is 0 Å². The molecule has 102 valence electrons. The van der Waals surface area contributed by atoms with Gasteiger partial charge in [-0.15, -0.1) is 11.8 Å². The summed E-state index contributed by atoms with van der Waals surface area (Å²) in [5.41, 5.74) is 0. The van der Waals surface area contributed by atoms with Crippen molar-refractivity contribution in [2.24, 2.45) is 0 Å². The lowest BCUT2D eigenvalue weighted by atomic mass is 10.2. The SMILES string of the molecule is CCCCN(CCSc1ccccc1)C(C)CC. The molecular weight excluding hydrogens is 238 g/mol. The van der Waals surface area contributed by atoms with Gasteiger partial charge in [-0.3, -0.25) is 4.90 Å². The molecule has 1 aromatic carbocycles. The largest absolute Gasteiger partial charge is 0.300 e. The van der Waals surface area contributed by atoms with E-state index in [2.05, 4.69) is 56.0 Å². The van der Waals surface area contributed by atoms with Gasteiger partial charge >= 0.3 is 0 Å². The van der Waals surface area contributed by atoms with E-state index < -0.39 is 0 Å². The highest BCUT2D eigenvalue weighted by Crippen LogP contribution is 2.17. The fourth-order valence-electron chi connectivity index (χ4n) is 1.97. The van der Waals surface area contributed by atoms with Gasteiger partial charge < -0.3 is 0 Å². The second-order valence-corrected chi connectivity index (χ2v) is 5.98. The summed E-state index contributed by atoms with van der Waals surface area (Å²) in [6, 6.07) is 11.4. The molecule has 0 fully saturated rings. The van der Waals surface area contributed by atoms with Crippen LogP contribution < -0.4 is 0 Å². The summed E-state index contributed by atoms with van der Waals surface area (Å²) in [5, 5.41) is 0. The van der Waals surface area contributed by atoms with Gasteiger partial charge in [0.2, 0.25) is 0 Å². The van der Waals surface area contributed by atoms with Crippen LogP contribution in [0.3, 0.4) is 0 Å². The van der Waals surface area contributed by atoms with Gasteiger partial charge in [0.05, 0.1) is 0 Å². The maximum Gasteiger partial charge on any atom is 0.0108 e. The first-order valence-electron chi connectivity index (χ1n) is 7.19. The Morgan fingerprint density at radius 1 is 1.11 bits per heavy atom. The van der Waals surface area contributed by atoms with Crippen molar-refractivity contribution in [3.05, 3.63) is 30.3 Å². The van der Waals surface area contributed by atoms with E-state index in [0.29, 0.717) is 6.04 Å². The number of hydrogen-bond donors (Lipinski definition) is 0. The molecule has 0 aliphatic carbocycles. The highest BCUT2D eigenvalue weighted by atomic mass is 32.2. The highest BCUT2D eigenvalue weighted by molar-refractivity contribution is 7.99. The van der Waals surface area contributed by atoms with E-state index in [4.69, 9.17) is 0 Å². The van der Waals surface area contributed by atoms with Gasteiger partial charge in [-0.1, -0.05) is 38.5 Å². The van der Waals surface area contributed by atoms with E-state index in [1.165, 1.54) is 43.0 Å². The van der Waals surface area contributed by atoms with E-state index in [1.54, 1.807) is 0 Å². The van der Waals surface area contributed by atoms with Crippen LogP contribution in [0.1, 0.15) is 40.0 Å². The molecule has 0 heterocycles.